The molecular formula is C16H19N5O2. The van der Waals surface area contributed by atoms with Crippen molar-refractivity contribution in [3.05, 3.63) is 31.2 Å². The van der Waals surface area contributed by atoms with Crippen molar-refractivity contribution in [3.63, 3.8) is 0 Å². The number of carbonyl (C=O) groups excluding carboxylic acids is 1. The van der Waals surface area contributed by atoms with Crippen molar-refractivity contribution in [1.29, 1.82) is 0 Å². The van der Waals surface area contributed by atoms with E-state index in [1.807, 2.05) is 17.2 Å². The Bertz CT molecular complexity index is 743. The molecule has 23 heavy (non-hydrogen) atoms. The van der Waals surface area contributed by atoms with Gasteiger partial charge in [0.05, 0.1) is 24.1 Å². The van der Waals surface area contributed by atoms with Gasteiger partial charge in [0.2, 0.25) is 5.91 Å². The predicted molar refractivity (Wildman–Crippen MR) is 86.2 cm³/mol. The maximum Gasteiger partial charge on any atom is 0.246 e. The number of carbonyl (C=O) groups is 1. The van der Waals surface area contributed by atoms with Crippen LogP contribution in [0.3, 0.4) is 0 Å². The summed E-state index contributed by atoms with van der Waals surface area (Å²) in [4.78, 5) is 27.9. The van der Waals surface area contributed by atoms with Crippen molar-refractivity contribution in [2.24, 2.45) is 0 Å². The smallest absolute Gasteiger partial charge is 0.246 e. The largest absolute Gasteiger partial charge is 0.374 e. The highest BCUT2D eigenvalue weighted by atomic mass is 16.5. The molecule has 0 saturated carbocycles. The topological polar surface area (TPSA) is 74.3 Å². The highest BCUT2D eigenvalue weighted by Gasteiger charge is 2.39. The van der Waals surface area contributed by atoms with E-state index in [-0.39, 0.29) is 18.1 Å². The van der Waals surface area contributed by atoms with Crippen LogP contribution >= 0.6 is 0 Å². The Morgan fingerprint density at radius 1 is 1.43 bits per heavy atom. The molecule has 0 unspecified atom stereocenters. The zero-order valence-electron chi connectivity index (χ0n) is 12.8. The Morgan fingerprint density at radius 3 is 3.22 bits per heavy atom. The van der Waals surface area contributed by atoms with E-state index >= 15 is 0 Å². The summed E-state index contributed by atoms with van der Waals surface area (Å²) in [7, 11) is 0. The van der Waals surface area contributed by atoms with E-state index in [1.165, 1.54) is 6.08 Å². The van der Waals surface area contributed by atoms with Crippen molar-refractivity contribution in [3.8, 4) is 0 Å². The van der Waals surface area contributed by atoms with E-state index in [0.29, 0.717) is 19.7 Å². The zero-order chi connectivity index (χ0) is 15.8. The molecular weight excluding hydrogens is 294 g/mol. The fraction of sp³-hybridized carbons (Fsp3) is 0.438. The second-order valence-corrected chi connectivity index (χ2v) is 5.88. The van der Waals surface area contributed by atoms with Crippen molar-refractivity contribution in [2.45, 2.75) is 18.6 Å². The van der Waals surface area contributed by atoms with Gasteiger partial charge in [-0.2, -0.15) is 0 Å². The number of ether oxygens (including phenoxy) is 1. The second kappa shape index (κ2) is 5.66. The highest BCUT2D eigenvalue weighted by Crippen LogP contribution is 2.30. The highest BCUT2D eigenvalue weighted by molar-refractivity contribution is 5.88. The number of anilines is 1. The molecule has 0 aliphatic carbocycles. The number of fused-ring (bicyclic) bond motifs is 2. The second-order valence-electron chi connectivity index (χ2n) is 5.88. The molecule has 7 nitrogen and oxygen atoms in total. The summed E-state index contributed by atoms with van der Waals surface area (Å²) in [6, 6.07) is 2.10. The SMILES string of the molecule is C=CC(=O)N1CC[C@@H]2OCCN(c3ncnc4[nH]ccc34)[C@@H]2C1. The maximum atomic E-state index is 12.0. The fourth-order valence-corrected chi connectivity index (χ4v) is 3.55. The van der Waals surface area contributed by atoms with Crippen LogP contribution in [0.15, 0.2) is 31.2 Å². The summed E-state index contributed by atoms with van der Waals surface area (Å²) in [5.74, 6) is 0.880. The van der Waals surface area contributed by atoms with Gasteiger partial charge in [-0.3, -0.25) is 4.79 Å². The van der Waals surface area contributed by atoms with Gasteiger partial charge in [0, 0.05) is 25.8 Å². The van der Waals surface area contributed by atoms with Gasteiger partial charge in [0.1, 0.15) is 17.8 Å². The van der Waals surface area contributed by atoms with Crippen molar-refractivity contribution < 1.29 is 9.53 Å². The van der Waals surface area contributed by atoms with Gasteiger partial charge in [-0.25, -0.2) is 9.97 Å². The van der Waals surface area contributed by atoms with Crippen LogP contribution in [0.25, 0.3) is 11.0 Å². The summed E-state index contributed by atoms with van der Waals surface area (Å²) in [6.45, 7) is 6.36. The number of aromatic nitrogens is 3. The fourth-order valence-electron chi connectivity index (χ4n) is 3.55. The van der Waals surface area contributed by atoms with Gasteiger partial charge in [-0.15, -0.1) is 0 Å². The molecule has 0 radical (unpaired) electrons. The van der Waals surface area contributed by atoms with Crippen molar-refractivity contribution in [1.82, 2.24) is 19.9 Å². The number of nitrogens with one attached hydrogen (secondary N) is 1. The third-order valence-electron chi connectivity index (χ3n) is 4.68. The number of hydrogen-bond donors (Lipinski definition) is 1. The minimum atomic E-state index is -0.0246. The van der Waals surface area contributed by atoms with E-state index in [1.54, 1.807) is 6.33 Å². The molecule has 2 aliphatic heterocycles. The third kappa shape index (κ3) is 2.37. The van der Waals surface area contributed by atoms with Crippen LogP contribution in [0.2, 0.25) is 0 Å². The van der Waals surface area contributed by atoms with E-state index in [2.05, 4.69) is 26.4 Å². The lowest BCUT2D eigenvalue weighted by Gasteiger charge is -2.47. The van der Waals surface area contributed by atoms with Crippen LogP contribution < -0.4 is 4.90 Å². The molecule has 2 aromatic heterocycles. The Kier molecular flexibility index (Phi) is 3.49. The first-order chi connectivity index (χ1) is 11.3. The summed E-state index contributed by atoms with van der Waals surface area (Å²) in [5.41, 5.74) is 0.827. The first-order valence-electron chi connectivity index (χ1n) is 7.85. The van der Waals surface area contributed by atoms with Gasteiger partial charge in [0.25, 0.3) is 0 Å². The molecule has 2 aliphatic rings. The quantitative estimate of drug-likeness (QED) is 0.836. The number of likely N-dealkylation sites (tertiary alicyclic amines) is 1. The average molecular weight is 313 g/mol. The minimum Gasteiger partial charge on any atom is -0.374 e. The predicted octanol–water partition coefficient (Wildman–Crippen LogP) is 0.950. The lowest BCUT2D eigenvalue weighted by molar-refractivity contribution is -0.130. The summed E-state index contributed by atoms with van der Waals surface area (Å²) in [5, 5.41) is 1.00. The van der Waals surface area contributed by atoms with Gasteiger partial charge in [0.15, 0.2) is 0 Å². The molecule has 1 N–H and O–H groups in total. The van der Waals surface area contributed by atoms with Gasteiger partial charge in [-0.1, -0.05) is 6.58 Å². The third-order valence-corrected chi connectivity index (χ3v) is 4.68. The first kappa shape index (κ1) is 14.2. The molecule has 2 atom stereocenters. The number of hydrogen-bond acceptors (Lipinski definition) is 5. The van der Waals surface area contributed by atoms with E-state index in [9.17, 15) is 4.79 Å². The summed E-state index contributed by atoms with van der Waals surface area (Å²) in [6.07, 6.45) is 5.79. The van der Waals surface area contributed by atoms with Gasteiger partial charge >= 0.3 is 0 Å². The molecule has 0 aromatic carbocycles. The molecule has 4 heterocycles. The minimum absolute atomic E-state index is 0.0246. The number of H-pyrrole nitrogens is 1. The molecule has 0 bridgehead atoms. The monoisotopic (exact) mass is 313 g/mol. The van der Waals surface area contributed by atoms with Crippen LogP contribution in [0.4, 0.5) is 5.82 Å². The maximum absolute atomic E-state index is 12.0. The molecule has 0 spiro atoms. The number of piperidine rings is 1. The first-order valence-corrected chi connectivity index (χ1v) is 7.85. The molecule has 1 amide bonds. The van der Waals surface area contributed by atoms with E-state index in [0.717, 1.165) is 29.8 Å². The standard InChI is InChI=1S/C16H19N5O2/c1-2-14(22)20-6-4-13-12(9-20)21(7-8-23-13)16-11-3-5-17-15(11)18-10-19-16/h2-3,5,10,12-13H,1,4,6-9H2,(H,17,18,19)/t12-,13+/m1/s1. The Labute approximate surface area is 134 Å². The average Bonchev–Trinajstić information content (AvgIpc) is 3.09. The summed E-state index contributed by atoms with van der Waals surface area (Å²) >= 11 is 0. The Balaban J connectivity index is 1.68. The van der Waals surface area contributed by atoms with Crippen LogP contribution in [0, 0.1) is 0 Å². The van der Waals surface area contributed by atoms with Crippen molar-refractivity contribution >= 4 is 22.8 Å². The zero-order valence-corrected chi connectivity index (χ0v) is 12.8. The van der Waals surface area contributed by atoms with Crippen LogP contribution in [-0.4, -0.2) is 64.1 Å². The number of amides is 1. The lowest BCUT2D eigenvalue weighted by Crippen LogP contribution is -2.61. The van der Waals surface area contributed by atoms with Crippen LogP contribution in [0.1, 0.15) is 6.42 Å². The number of morpholine rings is 1. The molecule has 120 valence electrons. The molecule has 2 saturated heterocycles. The van der Waals surface area contributed by atoms with Crippen LogP contribution in [-0.2, 0) is 9.53 Å². The van der Waals surface area contributed by atoms with Crippen molar-refractivity contribution in [2.75, 3.05) is 31.1 Å². The van der Waals surface area contributed by atoms with Crippen LogP contribution in [0.5, 0.6) is 0 Å². The molecule has 7 heteroatoms. The molecule has 2 aromatic rings. The Hall–Kier alpha value is -2.41. The number of aromatic amines is 1. The molecule has 2 fully saturated rings. The van der Waals surface area contributed by atoms with Gasteiger partial charge < -0.3 is 19.5 Å². The normalized spacial score (nSPS) is 24.5. The number of rotatable bonds is 2. The molecule has 4 rings (SSSR count). The van der Waals surface area contributed by atoms with E-state index < -0.39 is 0 Å². The van der Waals surface area contributed by atoms with E-state index in [4.69, 9.17) is 4.74 Å². The lowest BCUT2D eigenvalue weighted by atomic mass is 9.98. The summed E-state index contributed by atoms with van der Waals surface area (Å²) < 4.78 is 5.93. The van der Waals surface area contributed by atoms with Gasteiger partial charge in [-0.05, 0) is 18.6 Å². The number of nitrogens with zero attached hydrogens (tertiary/aromatic N) is 4. The Morgan fingerprint density at radius 2 is 2.35 bits per heavy atom.